The molecule has 0 amide bonds. The van der Waals surface area contributed by atoms with E-state index in [-0.39, 0.29) is 106 Å². The first-order chi connectivity index (χ1) is 22.6. The zero-order valence-corrected chi connectivity index (χ0v) is 30.0. The van der Waals surface area contributed by atoms with Gasteiger partial charge in [0, 0.05) is 38.5 Å². The standard InChI is InChI=1S/C10H16F2O2.C9H14F2O2.C8H12F2O2.C7H10F2O2/c1-7(2)9(13)14-8-3-5-10(11,12)6-4-8;1-6(2)8(12)13-7-3-4-9(10,11)5-7;1-5(2)7(11)12-6-3-8(9,10)4-6;1-4(2)6(10)11-5-3-7(5,8)9/h7-8H,3-6H2,1-2H3;6-7H,3-5H2,1-2H3;5-6H,3-4H2,1-2H3;4-5H,3H2,1-2H3. The predicted molar refractivity (Wildman–Crippen MR) is 165 cm³/mol. The van der Waals surface area contributed by atoms with Crippen molar-refractivity contribution in [2.75, 3.05) is 0 Å². The second-order valence-electron chi connectivity index (χ2n) is 14.5. The van der Waals surface area contributed by atoms with Gasteiger partial charge in [-0.05, 0) is 19.3 Å². The number of hydrogen-bond donors (Lipinski definition) is 0. The van der Waals surface area contributed by atoms with Crippen molar-refractivity contribution in [3.63, 3.8) is 0 Å². The normalized spacial score (nSPS) is 24.3. The van der Waals surface area contributed by atoms with Crippen molar-refractivity contribution in [3.8, 4) is 0 Å². The maximum absolute atomic E-state index is 12.7. The number of esters is 4. The Morgan fingerprint density at radius 1 is 0.440 bits per heavy atom. The Bertz CT molecular complexity index is 1110. The van der Waals surface area contributed by atoms with Gasteiger partial charge in [-0.3, -0.25) is 19.2 Å². The second-order valence-corrected chi connectivity index (χ2v) is 14.5. The van der Waals surface area contributed by atoms with E-state index >= 15 is 0 Å². The van der Waals surface area contributed by atoms with Gasteiger partial charge in [0.05, 0.1) is 30.1 Å². The highest BCUT2D eigenvalue weighted by molar-refractivity contribution is 5.73. The highest BCUT2D eigenvalue weighted by Gasteiger charge is 2.60. The highest BCUT2D eigenvalue weighted by atomic mass is 19.3. The van der Waals surface area contributed by atoms with Crippen LogP contribution in [0.15, 0.2) is 0 Å². The van der Waals surface area contributed by atoms with Gasteiger partial charge in [0.2, 0.25) is 5.92 Å². The molecular weight excluding hydrogens is 688 g/mol. The number of carbonyl (C=O) groups is 4. The Morgan fingerprint density at radius 3 is 1.06 bits per heavy atom. The summed E-state index contributed by atoms with van der Waals surface area (Å²) >= 11 is 0. The molecule has 0 spiro atoms. The number of rotatable bonds is 8. The molecule has 16 heteroatoms. The molecule has 4 rings (SSSR count). The van der Waals surface area contributed by atoms with Gasteiger partial charge in [-0.15, -0.1) is 0 Å². The molecule has 8 nitrogen and oxygen atoms in total. The van der Waals surface area contributed by atoms with Crippen LogP contribution in [0.5, 0.6) is 0 Å². The van der Waals surface area contributed by atoms with E-state index in [0.717, 1.165) is 0 Å². The summed E-state index contributed by atoms with van der Waals surface area (Å²) in [6.07, 6.45) is -3.49. The molecule has 0 N–H and O–H groups in total. The number of ether oxygens (including phenoxy) is 4. The van der Waals surface area contributed by atoms with Crippen molar-refractivity contribution in [3.05, 3.63) is 0 Å². The van der Waals surface area contributed by atoms with Crippen LogP contribution in [0.3, 0.4) is 0 Å². The fourth-order valence-corrected chi connectivity index (χ4v) is 4.32. The third-order valence-electron chi connectivity index (χ3n) is 7.84. The summed E-state index contributed by atoms with van der Waals surface area (Å²) in [5, 5.41) is 0. The first-order valence-electron chi connectivity index (χ1n) is 17.0. The Balaban J connectivity index is 0.000000335. The zero-order valence-electron chi connectivity index (χ0n) is 30.0. The summed E-state index contributed by atoms with van der Waals surface area (Å²) in [5.41, 5.74) is 0. The van der Waals surface area contributed by atoms with Crippen LogP contribution >= 0.6 is 0 Å². The minimum atomic E-state index is -2.76. The van der Waals surface area contributed by atoms with Crippen LogP contribution in [0.2, 0.25) is 0 Å². The fraction of sp³-hybridized carbons (Fsp3) is 0.882. The van der Waals surface area contributed by atoms with E-state index in [9.17, 15) is 54.3 Å². The zero-order chi connectivity index (χ0) is 38.8. The highest BCUT2D eigenvalue weighted by Crippen LogP contribution is 2.44. The van der Waals surface area contributed by atoms with Crippen molar-refractivity contribution in [1.82, 2.24) is 0 Å². The molecule has 4 aliphatic rings. The van der Waals surface area contributed by atoms with E-state index in [1.807, 2.05) is 0 Å². The largest absolute Gasteiger partial charge is 0.462 e. The van der Waals surface area contributed by atoms with E-state index in [4.69, 9.17) is 14.2 Å². The van der Waals surface area contributed by atoms with Gasteiger partial charge in [0.15, 0.2) is 6.10 Å². The van der Waals surface area contributed by atoms with E-state index < -0.39 is 53.9 Å². The van der Waals surface area contributed by atoms with Crippen molar-refractivity contribution in [2.45, 2.75) is 168 Å². The van der Waals surface area contributed by atoms with Crippen LogP contribution in [-0.2, 0) is 38.1 Å². The summed E-state index contributed by atoms with van der Waals surface area (Å²) in [7, 11) is 0. The van der Waals surface area contributed by atoms with Crippen LogP contribution in [0.25, 0.3) is 0 Å². The van der Waals surface area contributed by atoms with Crippen LogP contribution < -0.4 is 0 Å². The molecule has 4 fully saturated rings. The number of hydrogen-bond acceptors (Lipinski definition) is 8. The van der Waals surface area contributed by atoms with Crippen LogP contribution in [0.1, 0.15) is 120 Å². The Morgan fingerprint density at radius 2 is 0.740 bits per heavy atom. The average molecular weight is 741 g/mol. The van der Waals surface area contributed by atoms with Gasteiger partial charge >= 0.3 is 23.9 Å². The van der Waals surface area contributed by atoms with Gasteiger partial charge < -0.3 is 18.9 Å². The second kappa shape index (κ2) is 18.7. The predicted octanol–water partition coefficient (Wildman–Crippen LogP) is 8.71. The number of carbonyl (C=O) groups excluding carboxylic acids is 4. The quantitative estimate of drug-likeness (QED) is 0.138. The smallest absolute Gasteiger partial charge is 0.308 e. The molecule has 292 valence electrons. The van der Waals surface area contributed by atoms with Gasteiger partial charge in [0.1, 0.15) is 18.3 Å². The maximum atomic E-state index is 12.7. The Labute approximate surface area is 288 Å². The number of alkyl halides is 8. The van der Waals surface area contributed by atoms with Crippen LogP contribution in [-0.4, -0.2) is 72.0 Å². The fourth-order valence-electron chi connectivity index (χ4n) is 4.32. The minimum Gasteiger partial charge on any atom is -0.462 e. The molecule has 2 atom stereocenters. The lowest BCUT2D eigenvalue weighted by molar-refractivity contribution is -0.186. The first-order valence-corrected chi connectivity index (χ1v) is 17.0. The lowest BCUT2D eigenvalue weighted by Crippen LogP contribution is -2.42. The molecule has 0 heterocycles. The molecule has 0 radical (unpaired) electrons. The summed E-state index contributed by atoms with van der Waals surface area (Å²) in [5.74, 6) is -13.2. The maximum Gasteiger partial charge on any atom is 0.308 e. The van der Waals surface area contributed by atoms with Gasteiger partial charge in [0.25, 0.3) is 17.8 Å². The topological polar surface area (TPSA) is 105 Å². The first kappa shape index (κ1) is 45.3. The summed E-state index contributed by atoms with van der Waals surface area (Å²) < 4.78 is 119. The number of halogens is 8. The lowest BCUT2D eigenvalue weighted by Gasteiger charge is -2.34. The molecule has 0 bridgehead atoms. The molecular formula is C34H52F8O8. The summed E-state index contributed by atoms with van der Waals surface area (Å²) in [6.45, 7) is 13.4. The van der Waals surface area contributed by atoms with Crippen molar-refractivity contribution < 1.29 is 73.2 Å². The molecule has 50 heavy (non-hydrogen) atoms. The van der Waals surface area contributed by atoms with Crippen molar-refractivity contribution in [2.24, 2.45) is 23.7 Å². The van der Waals surface area contributed by atoms with Gasteiger partial charge in [-0.1, -0.05) is 55.4 Å². The van der Waals surface area contributed by atoms with E-state index in [1.165, 1.54) is 0 Å². The van der Waals surface area contributed by atoms with Crippen LogP contribution in [0.4, 0.5) is 35.1 Å². The van der Waals surface area contributed by atoms with Gasteiger partial charge in [-0.25, -0.2) is 35.1 Å². The third-order valence-corrected chi connectivity index (χ3v) is 7.84. The Hall–Kier alpha value is -2.68. The molecule has 0 aromatic carbocycles. The van der Waals surface area contributed by atoms with Crippen molar-refractivity contribution >= 4 is 23.9 Å². The average Bonchev–Trinajstić information content (AvgIpc) is 3.41. The van der Waals surface area contributed by atoms with Gasteiger partial charge in [-0.2, -0.15) is 0 Å². The summed E-state index contributed by atoms with van der Waals surface area (Å²) in [6, 6.07) is 0. The molecule has 4 saturated carbocycles. The molecule has 2 unspecified atom stereocenters. The molecule has 0 aliphatic heterocycles. The minimum absolute atomic E-state index is 0.164. The van der Waals surface area contributed by atoms with Crippen LogP contribution in [0, 0.1) is 23.7 Å². The van der Waals surface area contributed by atoms with E-state index in [1.54, 1.807) is 55.4 Å². The van der Waals surface area contributed by atoms with E-state index in [0.29, 0.717) is 0 Å². The summed E-state index contributed by atoms with van der Waals surface area (Å²) in [4.78, 5) is 43.8. The Kier molecular flexibility index (Phi) is 17.0. The van der Waals surface area contributed by atoms with Crippen molar-refractivity contribution in [1.29, 1.82) is 0 Å². The molecule has 0 aromatic heterocycles. The van der Waals surface area contributed by atoms with E-state index in [2.05, 4.69) is 4.74 Å². The molecule has 0 saturated heterocycles. The third kappa shape index (κ3) is 17.5. The monoisotopic (exact) mass is 740 g/mol. The molecule has 4 aliphatic carbocycles. The lowest BCUT2D eigenvalue weighted by atomic mass is 9.91. The molecule has 0 aromatic rings. The SMILES string of the molecule is CC(C)C(=O)OC1CC(F)(F)C1.CC(C)C(=O)OC1CC1(F)F.CC(C)C(=O)OC1CCC(F)(F)C1.CC(C)C(=O)OC1CCC(F)(F)CC1.